The van der Waals surface area contributed by atoms with E-state index in [0.717, 1.165) is 18.4 Å². The van der Waals surface area contributed by atoms with E-state index in [-0.39, 0.29) is 32.0 Å². The predicted octanol–water partition coefficient (Wildman–Crippen LogP) is 2.70. The zero-order chi connectivity index (χ0) is 23.3. The Hall–Kier alpha value is -2.81. The molecule has 0 fully saturated rings. The summed E-state index contributed by atoms with van der Waals surface area (Å²) in [5.74, 6) is -0.271. The highest BCUT2D eigenvalue weighted by molar-refractivity contribution is 5.77. The fourth-order valence-corrected chi connectivity index (χ4v) is 3.26. The molecule has 174 valence electrons. The van der Waals surface area contributed by atoms with Gasteiger partial charge in [-0.15, -0.1) is 0 Å². The van der Waals surface area contributed by atoms with E-state index in [9.17, 15) is 19.5 Å². The number of nitrogens with zero attached hydrogens (tertiary/aromatic N) is 1. The van der Waals surface area contributed by atoms with Crippen LogP contribution in [0.4, 0.5) is 9.59 Å². The molecule has 0 radical (unpaired) electrons. The van der Waals surface area contributed by atoms with Crippen molar-refractivity contribution in [2.24, 2.45) is 5.73 Å². The number of carbonyl (C=O) groups is 3. The summed E-state index contributed by atoms with van der Waals surface area (Å²) in [6, 6.07) is 8.87. The summed E-state index contributed by atoms with van der Waals surface area (Å²) in [6.45, 7) is 6.53. The summed E-state index contributed by atoms with van der Waals surface area (Å²) in [7, 11) is 0. The fourth-order valence-electron chi connectivity index (χ4n) is 3.26. The van der Waals surface area contributed by atoms with Crippen molar-refractivity contribution in [3.8, 4) is 0 Å². The van der Waals surface area contributed by atoms with E-state index in [1.807, 2.05) is 30.3 Å². The molecule has 31 heavy (non-hydrogen) atoms. The summed E-state index contributed by atoms with van der Waals surface area (Å²) in [4.78, 5) is 37.3. The molecular formula is C22H36N4O5. The Morgan fingerprint density at radius 1 is 1.10 bits per heavy atom. The second kappa shape index (κ2) is 13.5. The number of nitrogens with one attached hydrogen (secondary N) is 2. The maximum atomic E-state index is 12.4. The molecule has 0 saturated heterocycles. The van der Waals surface area contributed by atoms with Gasteiger partial charge in [-0.1, -0.05) is 36.8 Å². The summed E-state index contributed by atoms with van der Waals surface area (Å²) in [6.07, 6.45) is 0.488. The van der Waals surface area contributed by atoms with E-state index in [1.165, 1.54) is 4.90 Å². The molecule has 0 aromatic heterocycles. The van der Waals surface area contributed by atoms with Gasteiger partial charge in [0, 0.05) is 31.1 Å². The zero-order valence-electron chi connectivity index (χ0n) is 18.7. The predicted molar refractivity (Wildman–Crippen MR) is 119 cm³/mol. The van der Waals surface area contributed by atoms with Gasteiger partial charge in [0.05, 0.1) is 0 Å². The van der Waals surface area contributed by atoms with E-state index in [2.05, 4.69) is 10.6 Å². The van der Waals surface area contributed by atoms with Crippen LogP contribution >= 0.6 is 0 Å². The number of carboxylic acid groups (broad SMARTS) is 1. The Kier molecular flexibility index (Phi) is 11.4. The number of ether oxygens (including phenoxy) is 1. The van der Waals surface area contributed by atoms with Crippen LogP contribution < -0.4 is 16.4 Å². The molecule has 0 saturated carbocycles. The molecule has 0 bridgehead atoms. The molecule has 9 nitrogen and oxygen atoms in total. The Bertz CT molecular complexity index is 691. The van der Waals surface area contributed by atoms with Crippen LogP contribution in [-0.2, 0) is 16.1 Å². The molecule has 0 aliphatic rings. The Morgan fingerprint density at radius 3 is 2.32 bits per heavy atom. The van der Waals surface area contributed by atoms with E-state index in [4.69, 9.17) is 10.5 Å². The lowest BCUT2D eigenvalue weighted by molar-refractivity contribution is -0.122. The summed E-state index contributed by atoms with van der Waals surface area (Å²) < 4.78 is 5.10. The fraction of sp³-hybridized carbons (Fsp3) is 0.591. The van der Waals surface area contributed by atoms with Gasteiger partial charge >= 0.3 is 12.2 Å². The molecule has 0 aliphatic heterocycles. The molecule has 0 heterocycles. The quantitative estimate of drug-likeness (QED) is 0.372. The van der Waals surface area contributed by atoms with Gasteiger partial charge in [0.25, 0.3) is 0 Å². The van der Waals surface area contributed by atoms with Gasteiger partial charge < -0.3 is 31.1 Å². The molecule has 9 heteroatoms. The normalized spacial score (nSPS) is 12.0. The third-order valence-corrected chi connectivity index (χ3v) is 4.64. The molecule has 1 aromatic carbocycles. The third kappa shape index (κ3) is 10.7. The molecule has 0 aliphatic carbocycles. The highest BCUT2D eigenvalue weighted by atomic mass is 16.5. The minimum absolute atomic E-state index is 0.0482. The van der Waals surface area contributed by atoms with Gasteiger partial charge in [0.15, 0.2) is 0 Å². The van der Waals surface area contributed by atoms with Gasteiger partial charge in [-0.2, -0.15) is 0 Å². The van der Waals surface area contributed by atoms with Crippen LogP contribution in [0.15, 0.2) is 30.3 Å². The number of benzene rings is 1. The average Bonchev–Trinajstić information content (AvgIpc) is 2.69. The maximum Gasteiger partial charge on any atom is 0.407 e. The monoisotopic (exact) mass is 436 g/mol. The summed E-state index contributed by atoms with van der Waals surface area (Å²) >= 11 is 0. The number of hydrogen-bond donors (Lipinski definition) is 4. The molecule has 1 aromatic rings. The Labute approximate surface area is 184 Å². The van der Waals surface area contributed by atoms with Crippen molar-refractivity contribution < 1.29 is 24.2 Å². The number of unbranched alkanes of at least 4 members (excludes halogenated alkanes) is 1. The van der Waals surface area contributed by atoms with Crippen LogP contribution in [0.3, 0.4) is 0 Å². The SMILES string of the molecule is CC(C)(C)N(C(=O)O)[C@@H](CCCCN)CC(=O)NCCNC(=O)OCc1ccccc1. The van der Waals surface area contributed by atoms with E-state index in [0.29, 0.717) is 13.0 Å². The van der Waals surface area contributed by atoms with Crippen molar-refractivity contribution in [1.82, 2.24) is 15.5 Å². The number of carbonyl (C=O) groups excluding carboxylic acids is 2. The topological polar surface area (TPSA) is 134 Å². The standard InChI is InChI=1S/C22H36N4O5/c1-22(2,3)26(21(29)30)18(11-7-8-12-23)15-19(27)24-13-14-25-20(28)31-16-17-9-5-4-6-10-17/h4-6,9-10,18H,7-8,11-16,23H2,1-3H3,(H,24,27)(H,25,28)(H,29,30)/t18-/m0/s1. The van der Waals surface area contributed by atoms with Crippen molar-refractivity contribution in [2.45, 2.75) is 64.6 Å². The van der Waals surface area contributed by atoms with Gasteiger partial charge in [-0.3, -0.25) is 4.79 Å². The van der Waals surface area contributed by atoms with Crippen molar-refractivity contribution in [2.75, 3.05) is 19.6 Å². The summed E-state index contributed by atoms with van der Waals surface area (Å²) in [5, 5.41) is 15.0. The van der Waals surface area contributed by atoms with Crippen LogP contribution in [0.2, 0.25) is 0 Å². The first-order valence-electron chi connectivity index (χ1n) is 10.6. The molecule has 5 N–H and O–H groups in total. The van der Waals surface area contributed by atoms with Crippen LogP contribution in [0, 0.1) is 0 Å². The summed E-state index contributed by atoms with van der Waals surface area (Å²) in [5.41, 5.74) is 5.79. The van der Waals surface area contributed by atoms with Gasteiger partial charge in [-0.25, -0.2) is 9.59 Å². The zero-order valence-corrected chi connectivity index (χ0v) is 18.7. The molecule has 3 amide bonds. The van der Waals surface area contributed by atoms with Crippen molar-refractivity contribution in [3.05, 3.63) is 35.9 Å². The first-order chi connectivity index (χ1) is 14.6. The number of hydrogen-bond acceptors (Lipinski definition) is 5. The highest BCUT2D eigenvalue weighted by Crippen LogP contribution is 2.23. The molecule has 0 spiro atoms. The number of nitrogens with two attached hydrogens (primary N) is 1. The smallest absolute Gasteiger partial charge is 0.407 e. The lowest BCUT2D eigenvalue weighted by Gasteiger charge is -2.39. The van der Waals surface area contributed by atoms with Crippen molar-refractivity contribution >= 4 is 18.1 Å². The minimum atomic E-state index is -1.05. The molecule has 0 unspecified atom stereocenters. The van der Waals surface area contributed by atoms with Gasteiger partial charge in [-0.05, 0) is 45.7 Å². The second-order valence-corrected chi connectivity index (χ2v) is 8.30. The lowest BCUT2D eigenvalue weighted by Crippen LogP contribution is -2.52. The van der Waals surface area contributed by atoms with E-state index >= 15 is 0 Å². The Morgan fingerprint density at radius 2 is 1.74 bits per heavy atom. The number of rotatable bonds is 12. The minimum Gasteiger partial charge on any atom is -0.465 e. The van der Waals surface area contributed by atoms with Crippen LogP contribution in [-0.4, -0.2) is 59.3 Å². The van der Waals surface area contributed by atoms with Crippen LogP contribution in [0.25, 0.3) is 0 Å². The van der Waals surface area contributed by atoms with E-state index in [1.54, 1.807) is 20.8 Å². The van der Waals surface area contributed by atoms with Crippen molar-refractivity contribution in [1.29, 1.82) is 0 Å². The second-order valence-electron chi connectivity index (χ2n) is 8.30. The molecule has 1 rings (SSSR count). The largest absolute Gasteiger partial charge is 0.465 e. The first-order valence-corrected chi connectivity index (χ1v) is 10.6. The number of amides is 3. The average molecular weight is 437 g/mol. The molecular weight excluding hydrogens is 400 g/mol. The molecule has 1 atom stereocenters. The van der Waals surface area contributed by atoms with Crippen LogP contribution in [0.1, 0.15) is 52.0 Å². The van der Waals surface area contributed by atoms with E-state index < -0.39 is 23.8 Å². The Balaban J connectivity index is 2.44. The lowest BCUT2D eigenvalue weighted by atomic mass is 9.97. The first kappa shape index (κ1) is 26.2. The maximum absolute atomic E-state index is 12.4. The van der Waals surface area contributed by atoms with Gasteiger partial charge in [0.2, 0.25) is 5.91 Å². The highest BCUT2D eigenvalue weighted by Gasteiger charge is 2.34. The van der Waals surface area contributed by atoms with Crippen molar-refractivity contribution in [3.63, 3.8) is 0 Å². The third-order valence-electron chi connectivity index (χ3n) is 4.64. The van der Waals surface area contributed by atoms with Crippen LogP contribution in [0.5, 0.6) is 0 Å². The number of alkyl carbamates (subject to hydrolysis) is 1. The van der Waals surface area contributed by atoms with Gasteiger partial charge in [0.1, 0.15) is 6.61 Å².